The maximum atomic E-state index is 11.9. The molecule has 0 aromatic heterocycles. The number of rotatable bonds is 5. The molecule has 116 valence electrons. The highest BCUT2D eigenvalue weighted by Gasteiger charge is 2.24. The van der Waals surface area contributed by atoms with Crippen molar-refractivity contribution < 1.29 is 9.53 Å². The van der Waals surface area contributed by atoms with Crippen LogP contribution in [-0.2, 0) is 4.74 Å². The fourth-order valence-corrected chi connectivity index (χ4v) is 3.29. The van der Waals surface area contributed by atoms with Gasteiger partial charge in [-0.1, -0.05) is 32.3 Å². The molecule has 1 aliphatic rings. The third-order valence-electron chi connectivity index (χ3n) is 4.49. The molecule has 3 N–H and O–H groups in total. The van der Waals surface area contributed by atoms with Gasteiger partial charge in [0.25, 0.3) is 0 Å². The molecule has 1 aromatic carbocycles. The number of hydrogen-bond donors (Lipinski definition) is 2. The minimum atomic E-state index is -0.344. The lowest BCUT2D eigenvalue weighted by Crippen LogP contribution is -2.31. The van der Waals surface area contributed by atoms with E-state index in [0.717, 1.165) is 12.1 Å². The highest BCUT2D eigenvalue weighted by molar-refractivity contribution is 5.98. The first kappa shape index (κ1) is 15.7. The molecule has 4 heteroatoms. The molecule has 1 atom stereocenters. The Morgan fingerprint density at radius 3 is 2.71 bits per heavy atom. The molecule has 0 amide bonds. The predicted octanol–water partition coefficient (Wildman–Crippen LogP) is 3.83. The number of carbonyl (C=O) groups is 1. The van der Waals surface area contributed by atoms with Crippen molar-refractivity contribution in [3.8, 4) is 0 Å². The number of methoxy groups -OCH3 is 1. The van der Waals surface area contributed by atoms with E-state index in [2.05, 4.69) is 12.2 Å². The Hall–Kier alpha value is -1.71. The SMILES string of the molecule is CCC(Nc1c(N)cccc1C(=O)OC)C1CCCCC1. The molecular weight excluding hydrogens is 264 g/mol. The van der Waals surface area contributed by atoms with Crippen LogP contribution in [0.25, 0.3) is 0 Å². The van der Waals surface area contributed by atoms with Gasteiger partial charge in [0.1, 0.15) is 0 Å². The van der Waals surface area contributed by atoms with Gasteiger partial charge in [0.15, 0.2) is 0 Å². The van der Waals surface area contributed by atoms with E-state index in [1.807, 2.05) is 6.07 Å². The van der Waals surface area contributed by atoms with Gasteiger partial charge in [-0.25, -0.2) is 4.79 Å². The summed E-state index contributed by atoms with van der Waals surface area (Å²) in [5.74, 6) is 0.317. The Kier molecular flexibility index (Phi) is 5.48. The van der Waals surface area contributed by atoms with Crippen LogP contribution >= 0.6 is 0 Å². The van der Waals surface area contributed by atoms with Crippen LogP contribution in [0.5, 0.6) is 0 Å². The van der Waals surface area contributed by atoms with Crippen LogP contribution in [0.2, 0.25) is 0 Å². The lowest BCUT2D eigenvalue weighted by atomic mass is 9.82. The zero-order chi connectivity index (χ0) is 15.2. The summed E-state index contributed by atoms with van der Waals surface area (Å²) in [6, 6.07) is 5.73. The quantitative estimate of drug-likeness (QED) is 0.639. The van der Waals surface area contributed by atoms with Crippen LogP contribution in [0, 0.1) is 5.92 Å². The molecule has 1 aliphatic carbocycles. The summed E-state index contributed by atoms with van der Waals surface area (Å²) in [7, 11) is 1.40. The minimum Gasteiger partial charge on any atom is -0.465 e. The second-order valence-electron chi connectivity index (χ2n) is 5.82. The molecule has 1 aromatic rings. The molecule has 2 rings (SSSR count). The molecule has 21 heavy (non-hydrogen) atoms. The Morgan fingerprint density at radius 1 is 1.38 bits per heavy atom. The molecule has 4 nitrogen and oxygen atoms in total. The summed E-state index contributed by atoms with van der Waals surface area (Å²) < 4.78 is 4.86. The van der Waals surface area contributed by atoms with Gasteiger partial charge >= 0.3 is 5.97 Å². The van der Waals surface area contributed by atoms with Gasteiger partial charge in [-0.05, 0) is 37.3 Å². The number of anilines is 2. The summed E-state index contributed by atoms with van der Waals surface area (Å²) in [4.78, 5) is 11.9. The van der Waals surface area contributed by atoms with E-state index >= 15 is 0 Å². The maximum absolute atomic E-state index is 11.9. The van der Waals surface area contributed by atoms with E-state index in [0.29, 0.717) is 23.2 Å². The van der Waals surface area contributed by atoms with Crippen molar-refractivity contribution in [2.24, 2.45) is 5.92 Å². The summed E-state index contributed by atoms with van der Waals surface area (Å²) in [6.07, 6.45) is 7.49. The van der Waals surface area contributed by atoms with Crippen molar-refractivity contribution >= 4 is 17.3 Å². The van der Waals surface area contributed by atoms with Crippen molar-refractivity contribution in [3.63, 3.8) is 0 Å². The lowest BCUT2D eigenvalue weighted by molar-refractivity contribution is 0.0601. The Morgan fingerprint density at radius 2 is 2.10 bits per heavy atom. The fourth-order valence-electron chi connectivity index (χ4n) is 3.29. The number of nitrogens with two attached hydrogens (primary N) is 1. The number of benzene rings is 1. The number of ether oxygens (including phenoxy) is 1. The van der Waals surface area contributed by atoms with Crippen molar-refractivity contribution in [2.45, 2.75) is 51.5 Å². The lowest BCUT2D eigenvalue weighted by Gasteiger charge is -2.31. The van der Waals surface area contributed by atoms with E-state index < -0.39 is 0 Å². The van der Waals surface area contributed by atoms with E-state index in [-0.39, 0.29) is 5.97 Å². The molecule has 0 spiro atoms. The molecular formula is C17H26N2O2. The van der Waals surface area contributed by atoms with Gasteiger partial charge in [0.05, 0.1) is 24.0 Å². The smallest absolute Gasteiger partial charge is 0.340 e. The van der Waals surface area contributed by atoms with Crippen molar-refractivity contribution in [1.29, 1.82) is 0 Å². The molecule has 0 aliphatic heterocycles. The Bertz CT molecular complexity index is 482. The monoisotopic (exact) mass is 290 g/mol. The van der Waals surface area contributed by atoms with Crippen LogP contribution in [0.3, 0.4) is 0 Å². The summed E-state index contributed by atoms with van der Waals surface area (Å²) in [5, 5.41) is 3.52. The van der Waals surface area contributed by atoms with Gasteiger partial charge in [-0.2, -0.15) is 0 Å². The third-order valence-corrected chi connectivity index (χ3v) is 4.49. The van der Waals surface area contributed by atoms with E-state index in [4.69, 9.17) is 10.5 Å². The van der Waals surface area contributed by atoms with Crippen LogP contribution in [0.15, 0.2) is 18.2 Å². The van der Waals surface area contributed by atoms with Crippen molar-refractivity contribution in [2.75, 3.05) is 18.2 Å². The molecule has 1 unspecified atom stereocenters. The number of nitrogens with one attached hydrogen (secondary N) is 1. The first-order valence-electron chi connectivity index (χ1n) is 7.90. The zero-order valence-electron chi connectivity index (χ0n) is 13.0. The van der Waals surface area contributed by atoms with Gasteiger partial charge < -0.3 is 15.8 Å². The Labute approximate surface area is 127 Å². The van der Waals surface area contributed by atoms with Gasteiger partial charge in [0.2, 0.25) is 0 Å². The van der Waals surface area contributed by atoms with Gasteiger partial charge in [0, 0.05) is 6.04 Å². The largest absolute Gasteiger partial charge is 0.465 e. The number of carbonyl (C=O) groups excluding carboxylic acids is 1. The summed E-state index contributed by atoms with van der Waals surface area (Å²) in [5.41, 5.74) is 7.92. The van der Waals surface area contributed by atoms with E-state index in [1.165, 1.54) is 39.2 Å². The zero-order valence-corrected chi connectivity index (χ0v) is 13.0. The highest BCUT2D eigenvalue weighted by Crippen LogP contribution is 2.32. The van der Waals surface area contributed by atoms with Crippen molar-refractivity contribution in [3.05, 3.63) is 23.8 Å². The average Bonchev–Trinajstić information content (AvgIpc) is 2.53. The van der Waals surface area contributed by atoms with Crippen LogP contribution in [-0.4, -0.2) is 19.1 Å². The molecule has 0 saturated heterocycles. The number of hydrogen-bond acceptors (Lipinski definition) is 4. The summed E-state index contributed by atoms with van der Waals surface area (Å²) >= 11 is 0. The fraction of sp³-hybridized carbons (Fsp3) is 0.588. The third kappa shape index (κ3) is 3.69. The van der Waals surface area contributed by atoms with Crippen molar-refractivity contribution in [1.82, 2.24) is 0 Å². The number of nitrogen functional groups attached to an aromatic ring is 1. The molecule has 0 heterocycles. The van der Waals surface area contributed by atoms with Crippen LogP contribution in [0.4, 0.5) is 11.4 Å². The standard InChI is InChI=1S/C17H26N2O2/c1-3-15(12-8-5-4-6-9-12)19-16-13(17(20)21-2)10-7-11-14(16)18/h7,10-12,15,19H,3-6,8-9,18H2,1-2H3. The van der Waals surface area contributed by atoms with E-state index in [1.54, 1.807) is 12.1 Å². The maximum Gasteiger partial charge on any atom is 0.340 e. The normalized spacial score (nSPS) is 17.2. The number of esters is 1. The first-order valence-corrected chi connectivity index (χ1v) is 7.90. The molecule has 0 radical (unpaired) electrons. The molecule has 1 fully saturated rings. The minimum absolute atomic E-state index is 0.344. The predicted molar refractivity (Wildman–Crippen MR) is 86.5 cm³/mol. The second-order valence-corrected chi connectivity index (χ2v) is 5.82. The summed E-state index contributed by atoms with van der Waals surface area (Å²) in [6.45, 7) is 2.18. The van der Waals surface area contributed by atoms with Gasteiger partial charge in [-0.3, -0.25) is 0 Å². The second kappa shape index (κ2) is 7.34. The van der Waals surface area contributed by atoms with Crippen LogP contribution < -0.4 is 11.1 Å². The highest BCUT2D eigenvalue weighted by atomic mass is 16.5. The average molecular weight is 290 g/mol. The number of para-hydroxylation sites is 1. The van der Waals surface area contributed by atoms with Gasteiger partial charge in [-0.15, -0.1) is 0 Å². The first-order chi connectivity index (χ1) is 10.2. The molecule has 1 saturated carbocycles. The molecule has 0 bridgehead atoms. The Balaban J connectivity index is 2.21. The van der Waals surface area contributed by atoms with Crippen LogP contribution in [0.1, 0.15) is 55.8 Å². The topological polar surface area (TPSA) is 64.3 Å². The van der Waals surface area contributed by atoms with E-state index in [9.17, 15) is 4.79 Å².